The predicted octanol–water partition coefficient (Wildman–Crippen LogP) is 6.93. The fourth-order valence-corrected chi connectivity index (χ4v) is 5.26. The number of nitrogens with zero attached hydrogens (tertiary/aromatic N) is 2. The molecule has 10 heteroatoms. The molecular weight excluding hydrogens is 508 g/mol. The number of anilines is 2. The van der Waals surface area contributed by atoms with Crippen LogP contribution in [0.25, 0.3) is 11.3 Å². The number of hydrogen-bond acceptors (Lipinski definition) is 7. The maximum atomic E-state index is 13.4. The monoisotopic (exact) mass is 532 g/mol. The van der Waals surface area contributed by atoms with Crippen LogP contribution in [0.1, 0.15) is 30.6 Å². The molecule has 0 spiro atoms. The van der Waals surface area contributed by atoms with Gasteiger partial charge in [-0.3, -0.25) is 19.7 Å². The molecule has 1 atom stereocenters. The molecule has 2 N–H and O–H groups in total. The second-order valence-corrected chi connectivity index (χ2v) is 10.1. The van der Waals surface area contributed by atoms with Crippen LogP contribution in [0, 0.1) is 10.1 Å². The largest absolute Gasteiger partial charge is 0.326 e. The Hall–Kier alpha value is -4.02. The van der Waals surface area contributed by atoms with Crippen LogP contribution in [-0.4, -0.2) is 21.7 Å². The molecule has 3 aromatic carbocycles. The van der Waals surface area contributed by atoms with E-state index in [1.165, 1.54) is 35.2 Å². The summed E-state index contributed by atoms with van der Waals surface area (Å²) in [7, 11) is 0. The fraction of sp³-hybridized carbons (Fsp3) is 0.148. The normalized spacial score (nSPS) is 11.5. The summed E-state index contributed by atoms with van der Waals surface area (Å²) >= 11 is 2.65. The summed E-state index contributed by atoms with van der Waals surface area (Å²) in [6, 6.07) is 23.1. The van der Waals surface area contributed by atoms with E-state index in [1.54, 1.807) is 17.5 Å². The maximum Gasteiger partial charge on any atom is 0.270 e. The van der Waals surface area contributed by atoms with Crippen LogP contribution in [0.3, 0.4) is 0 Å². The minimum Gasteiger partial charge on any atom is -0.326 e. The van der Waals surface area contributed by atoms with Crippen LogP contribution in [0.5, 0.6) is 0 Å². The molecule has 0 aliphatic heterocycles. The topological polar surface area (TPSA) is 114 Å². The average Bonchev–Trinajstić information content (AvgIpc) is 3.37. The van der Waals surface area contributed by atoms with Crippen LogP contribution < -0.4 is 10.6 Å². The number of hydrogen-bond donors (Lipinski definition) is 2. The third-order valence-electron chi connectivity index (χ3n) is 5.30. The molecule has 1 aromatic heterocycles. The molecule has 37 heavy (non-hydrogen) atoms. The molecule has 1 unspecified atom stereocenters. The summed E-state index contributed by atoms with van der Waals surface area (Å²) in [6.45, 7) is 1.95. The lowest BCUT2D eigenvalue weighted by atomic mass is 10.1. The Labute approximate surface area is 222 Å². The fourth-order valence-electron chi connectivity index (χ4n) is 3.52. The van der Waals surface area contributed by atoms with E-state index in [2.05, 4.69) is 15.6 Å². The summed E-state index contributed by atoms with van der Waals surface area (Å²) in [5, 5.41) is 18.5. The summed E-state index contributed by atoms with van der Waals surface area (Å²) in [5.41, 5.74) is 2.67. The number of rotatable bonds is 10. The molecule has 4 rings (SSSR count). The van der Waals surface area contributed by atoms with Gasteiger partial charge in [0.15, 0.2) is 5.13 Å². The lowest BCUT2D eigenvalue weighted by Gasteiger charge is -2.16. The van der Waals surface area contributed by atoms with Crippen molar-refractivity contribution < 1.29 is 14.5 Å². The first-order valence-corrected chi connectivity index (χ1v) is 13.3. The zero-order valence-corrected chi connectivity index (χ0v) is 21.6. The van der Waals surface area contributed by atoms with E-state index in [0.29, 0.717) is 28.5 Å². The van der Waals surface area contributed by atoms with Gasteiger partial charge in [0, 0.05) is 40.1 Å². The molecule has 0 fully saturated rings. The number of amides is 2. The van der Waals surface area contributed by atoms with Gasteiger partial charge in [-0.25, -0.2) is 4.98 Å². The Balaban J connectivity index is 1.50. The highest BCUT2D eigenvalue weighted by Gasteiger charge is 2.23. The highest BCUT2D eigenvalue weighted by atomic mass is 32.2. The molecule has 188 valence electrons. The van der Waals surface area contributed by atoms with Gasteiger partial charge in [0.1, 0.15) is 5.25 Å². The number of nitro groups is 1. The van der Waals surface area contributed by atoms with Crippen molar-refractivity contribution in [2.75, 3.05) is 10.6 Å². The molecule has 0 radical (unpaired) electrons. The SMILES string of the molecule is CCCC(=O)Nc1ccc(SC(C(=O)Nc2nc(-c3cccc([N+](=O)[O-])c3)cs2)c2ccccc2)cc1. The minimum absolute atomic E-state index is 0.0208. The van der Waals surface area contributed by atoms with Crippen molar-refractivity contribution in [3.8, 4) is 11.3 Å². The average molecular weight is 533 g/mol. The van der Waals surface area contributed by atoms with E-state index in [-0.39, 0.29) is 17.5 Å². The first-order valence-electron chi connectivity index (χ1n) is 11.6. The highest BCUT2D eigenvalue weighted by Crippen LogP contribution is 2.37. The third-order valence-corrected chi connectivity index (χ3v) is 7.32. The Bertz CT molecular complexity index is 1390. The van der Waals surface area contributed by atoms with Crippen LogP contribution in [0.2, 0.25) is 0 Å². The lowest BCUT2D eigenvalue weighted by Crippen LogP contribution is -2.19. The number of aromatic nitrogens is 1. The third kappa shape index (κ3) is 7.02. The quantitative estimate of drug-likeness (QED) is 0.130. The van der Waals surface area contributed by atoms with Crippen molar-refractivity contribution in [2.45, 2.75) is 29.9 Å². The van der Waals surface area contributed by atoms with Gasteiger partial charge in [-0.2, -0.15) is 0 Å². The van der Waals surface area contributed by atoms with Crippen molar-refractivity contribution in [1.29, 1.82) is 0 Å². The zero-order valence-electron chi connectivity index (χ0n) is 19.9. The molecule has 8 nitrogen and oxygen atoms in total. The number of carbonyl (C=O) groups excluding carboxylic acids is 2. The highest BCUT2D eigenvalue weighted by molar-refractivity contribution is 8.00. The van der Waals surface area contributed by atoms with Crippen LogP contribution in [-0.2, 0) is 9.59 Å². The van der Waals surface area contributed by atoms with Crippen molar-refractivity contribution in [1.82, 2.24) is 4.98 Å². The van der Waals surface area contributed by atoms with Gasteiger partial charge >= 0.3 is 0 Å². The molecule has 0 saturated heterocycles. The van der Waals surface area contributed by atoms with E-state index in [4.69, 9.17) is 0 Å². The molecule has 0 aliphatic carbocycles. The molecule has 1 heterocycles. The number of carbonyl (C=O) groups is 2. The van der Waals surface area contributed by atoms with Gasteiger partial charge in [0.2, 0.25) is 11.8 Å². The van der Waals surface area contributed by atoms with Crippen molar-refractivity contribution >= 4 is 51.4 Å². The zero-order chi connectivity index (χ0) is 26.2. The summed E-state index contributed by atoms with van der Waals surface area (Å²) in [4.78, 5) is 41.2. The van der Waals surface area contributed by atoms with E-state index < -0.39 is 10.2 Å². The maximum absolute atomic E-state index is 13.4. The molecule has 0 aliphatic rings. The number of nitrogens with one attached hydrogen (secondary N) is 2. The smallest absolute Gasteiger partial charge is 0.270 e. The van der Waals surface area contributed by atoms with Gasteiger partial charge in [0.25, 0.3) is 5.69 Å². The van der Waals surface area contributed by atoms with Gasteiger partial charge in [-0.15, -0.1) is 23.1 Å². The first-order chi connectivity index (χ1) is 17.9. The van der Waals surface area contributed by atoms with Crippen molar-refractivity contribution in [3.63, 3.8) is 0 Å². The second kappa shape index (κ2) is 12.3. The summed E-state index contributed by atoms with van der Waals surface area (Å²) < 4.78 is 0. The molecule has 2 amide bonds. The van der Waals surface area contributed by atoms with Gasteiger partial charge in [0.05, 0.1) is 10.6 Å². The van der Waals surface area contributed by atoms with Crippen molar-refractivity contribution in [2.24, 2.45) is 0 Å². The van der Waals surface area contributed by atoms with Gasteiger partial charge in [-0.1, -0.05) is 49.4 Å². The van der Waals surface area contributed by atoms with Gasteiger partial charge in [-0.05, 0) is 36.2 Å². The standard InChI is InChI=1S/C27H24N4O4S2/c1-2-7-24(32)28-20-12-14-22(15-13-20)37-25(18-8-4-3-5-9-18)26(33)30-27-29-23(17-36-27)19-10-6-11-21(16-19)31(34)35/h3-6,8-17,25H,2,7H2,1H3,(H,28,32)(H,29,30,33). The minimum atomic E-state index is -0.549. The van der Waals surface area contributed by atoms with Crippen LogP contribution in [0.4, 0.5) is 16.5 Å². The van der Waals surface area contributed by atoms with Gasteiger partial charge < -0.3 is 10.6 Å². The Kier molecular flexibility index (Phi) is 8.65. The van der Waals surface area contributed by atoms with Crippen molar-refractivity contribution in [3.05, 3.63) is 99.9 Å². The second-order valence-electron chi connectivity index (χ2n) is 8.07. The molecular formula is C27H24N4O4S2. The molecule has 4 aromatic rings. The Morgan fingerprint density at radius 2 is 1.78 bits per heavy atom. The van der Waals surface area contributed by atoms with E-state index in [0.717, 1.165) is 16.9 Å². The summed E-state index contributed by atoms with van der Waals surface area (Å²) in [6.07, 6.45) is 1.24. The Morgan fingerprint density at radius 1 is 1.03 bits per heavy atom. The van der Waals surface area contributed by atoms with E-state index in [9.17, 15) is 19.7 Å². The summed E-state index contributed by atoms with van der Waals surface area (Å²) in [5.74, 6) is -0.270. The molecule has 0 saturated carbocycles. The number of thiazole rings is 1. The lowest BCUT2D eigenvalue weighted by molar-refractivity contribution is -0.384. The number of non-ortho nitro benzene ring substituents is 1. The predicted molar refractivity (Wildman–Crippen MR) is 148 cm³/mol. The number of benzene rings is 3. The molecule has 0 bridgehead atoms. The van der Waals surface area contributed by atoms with E-state index in [1.807, 2.05) is 61.5 Å². The number of nitro benzene ring substituents is 1. The van der Waals surface area contributed by atoms with Crippen LogP contribution in [0.15, 0.2) is 89.1 Å². The first kappa shape index (κ1) is 26.1. The Morgan fingerprint density at radius 3 is 2.49 bits per heavy atom. The number of thioether (sulfide) groups is 1. The van der Waals surface area contributed by atoms with Crippen LogP contribution >= 0.6 is 23.1 Å². The van der Waals surface area contributed by atoms with E-state index >= 15 is 0 Å².